The van der Waals surface area contributed by atoms with Gasteiger partial charge in [-0.25, -0.2) is 13.8 Å². The molecule has 3 heterocycles. The second-order valence-corrected chi connectivity index (χ2v) is 8.43. The quantitative estimate of drug-likeness (QED) is 0.456. The standard InChI is InChI=1S/C23H24F2N6O/c1-12(2)30-6-8-31(9-7-30)18-11-17-16(10-14(18)25)27-22(28-17)20-21(26)19-13(24)4-3-5-15(19)29-23(20)32/h3-5,10-12H,6-9H2,1-2H3,(H,27,28)(H3,26,29,32). The number of rotatable bonds is 3. The average molecular weight is 438 g/mol. The molecule has 5 rings (SSSR count). The van der Waals surface area contributed by atoms with E-state index in [1.807, 2.05) is 4.90 Å². The summed E-state index contributed by atoms with van der Waals surface area (Å²) in [6.45, 7) is 7.45. The number of nitrogens with zero attached hydrogens (tertiary/aromatic N) is 3. The molecule has 7 nitrogen and oxygen atoms in total. The molecule has 1 fully saturated rings. The van der Waals surface area contributed by atoms with Crippen molar-refractivity contribution in [1.82, 2.24) is 19.9 Å². The van der Waals surface area contributed by atoms with Crippen molar-refractivity contribution in [3.63, 3.8) is 0 Å². The Morgan fingerprint density at radius 2 is 1.78 bits per heavy atom. The van der Waals surface area contributed by atoms with E-state index in [1.54, 1.807) is 12.1 Å². The zero-order chi connectivity index (χ0) is 22.6. The molecule has 0 radical (unpaired) electrons. The monoisotopic (exact) mass is 438 g/mol. The maximum absolute atomic E-state index is 14.9. The molecule has 1 aliphatic heterocycles. The van der Waals surface area contributed by atoms with E-state index in [4.69, 9.17) is 5.73 Å². The molecule has 1 aliphatic rings. The summed E-state index contributed by atoms with van der Waals surface area (Å²) >= 11 is 0. The maximum Gasteiger partial charge on any atom is 0.261 e. The fraction of sp³-hybridized carbons (Fsp3) is 0.304. The summed E-state index contributed by atoms with van der Waals surface area (Å²) in [7, 11) is 0. The van der Waals surface area contributed by atoms with Crippen LogP contribution < -0.4 is 16.2 Å². The minimum absolute atomic E-state index is 0.00795. The molecule has 32 heavy (non-hydrogen) atoms. The first-order valence-corrected chi connectivity index (χ1v) is 10.6. The number of nitrogens with one attached hydrogen (secondary N) is 2. The van der Waals surface area contributed by atoms with Gasteiger partial charge in [-0.05, 0) is 32.0 Å². The number of halogens is 2. The lowest BCUT2D eigenvalue weighted by molar-refractivity contribution is 0.209. The van der Waals surface area contributed by atoms with Crippen LogP contribution in [0.1, 0.15) is 13.8 Å². The van der Waals surface area contributed by atoms with Gasteiger partial charge in [-0.3, -0.25) is 9.69 Å². The molecule has 0 aliphatic carbocycles. The van der Waals surface area contributed by atoms with Crippen molar-refractivity contribution in [2.75, 3.05) is 36.8 Å². The lowest BCUT2D eigenvalue weighted by atomic mass is 10.1. The first-order valence-electron chi connectivity index (χ1n) is 10.6. The van der Waals surface area contributed by atoms with Crippen LogP contribution in [0.25, 0.3) is 33.3 Å². The lowest BCUT2D eigenvalue weighted by Crippen LogP contribution is -2.49. The van der Waals surface area contributed by atoms with Crippen molar-refractivity contribution in [3.8, 4) is 11.4 Å². The van der Waals surface area contributed by atoms with Gasteiger partial charge in [0, 0.05) is 38.3 Å². The first kappa shape index (κ1) is 20.4. The topological polar surface area (TPSA) is 94.0 Å². The third-order valence-corrected chi connectivity index (χ3v) is 6.20. The molecule has 2 aromatic heterocycles. The normalized spacial score (nSPS) is 15.3. The van der Waals surface area contributed by atoms with Crippen LogP contribution in [0.2, 0.25) is 0 Å². The number of nitrogen functional groups attached to an aromatic ring is 1. The van der Waals surface area contributed by atoms with Gasteiger partial charge in [0.2, 0.25) is 0 Å². The van der Waals surface area contributed by atoms with Gasteiger partial charge in [-0.15, -0.1) is 0 Å². The van der Waals surface area contributed by atoms with Crippen LogP contribution in [0.4, 0.5) is 20.2 Å². The van der Waals surface area contributed by atoms with Crippen molar-refractivity contribution in [1.29, 1.82) is 0 Å². The summed E-state index contributed by atoms with van der Waals surface area (Å²) in [6.07, 6.45) is 0. The van der Waals surface area contributed by atoms with Crippen LogP contribution in [0.3, 0.4) is 0 Å². The molecule has 0 bridgehead atoms. The van der Waals surface area contributed by atoms with Crippen LogP contribution in [-0.4, -0.2) is 52.1 Å². The highest BCUT2D eigenvalue weighted by Gasteiger charge is 2.23. The Bertz CT molecular complexity index is 1390. The fourth-order valence-corrected chi connectivity index (χ4v) is 4.43. The van der Waals surface area contributed by atoms with Crippen LogP contribution >= 0.6 is 0 Å². The Labute approximate surface area is 182 Å². The molecule has 0 amide bonds. The van der Waals surface area contributed by atoms with E-state index in [9.17, 15) is 13.6 Å². The molecular weight excluding hydrogens is 414 g/mol. The minimum Gasteiger partial charge on any atom is -0.397 e. The van der Waals surface area contributed by atoms with Gasteiger partial charge in [0.1, 0.15) is 23.0 Å². The van der Waals surface area contributed by atoms with Crippen molar-refractivity contribution in [2.24, 2.45) is 0 Å². The Morgan fingerprint density at radius 3 is 2.50 bits per heavy atom. The Kier molecular flexibility index (Phi) is 4.85. The van der Waals surface area contributed by atoms with Crippen LogP contribution in [0.5, 0.6) is 0 Å². The highest BCUT2D eigenvalue weighted by molar-refractivity contribution is 5.98. The van der Waals surface area contributed by atoms with E-state index in [0.29, 0.717) is 41.4 Å². The molecule has 1 saturated heterocycles. The lowest BCUT2D eigenvalue weighted by Gasteiger charge is -2.38. The number of aromatic amines is 2. The molecule has 4 N–H and O–H groups in total. The van der Waals surface area contributed by atoms with Gasteiger partial charge in [-0.2, -0.15) is 0 Å². The van der Waals surface area contributed by atoms with Crippen LogP contribution in [0, 0.1) is 11.6 Å². The number of H-pyrrole nitrogens is 2. The number of pyridine rings is 1. The summed E-state index contributed by atoms with van der Waals surface area (Å²) in [5, 5.41) is 0.123. The molecule has 0 unspecified atom stereocenters. The molecule has 0 saturated carbocycles. The minimum atomic E-state index is -0.539. The van der Waals surface area contributed by atoms with Gasteiger partial charge >= 0.3 is 0 Å². The maximum atomic E-state index is 14.9. The van der Waals surface area contributed by atoms with Gasteiger partial charge in [-0.1, -0.05) is 6.07 Å². The van der Waals surface area contributed by atoms with Gasteiger partial charge < -0.3 is 20.6 Å². The zero-order valence-electron chi connectivity index (χ0n) is 17.9. The van der Waals surface area contributed by atoms with E-state index < -0.39 is 11.4 Å². The fourth-order valence-electron chi connectivity index (χ4n) is 4.43. The Balaban J connectivity index is 1.57. The Hall–Kier alpha value is -3.46. The summed E-state index contributed by atoms with van der Waals surface area (Å²) in [5.41, 5.74) is 7.44. The molecule has 4 aromatic rings. The molecule has 0 atom stereocenters. The van der Waals surface area contributed by atoms with E-state index in [1.165, 1.54) is 18.2 Å². The number of aromatic nitrogens is 3. The number of piperazine rings is 1. The third kappa shape index (κ3) is 3.29. The molecule has 2 aromatic carbocycles. The van der Waals surface area contributed by atoms with Crippen LogP contribution in [-0.2, 0) is 0 Å². The van der Waals surface area contributed by atoms with Crippen molar-refractivity contribution in [2.45, 2.75) is 19.9 Å². The van der Waals surface area contributed by atoms with Crippen LogP contribution in [0.15, 0.2) is 35.1 Å². The molecule has 9 heteroatoms. The predicted octanol–water partition coefficient (Wildman–Crippen LogP) is 3.46. The van der Waals surface area contributed by atoms with Gasteiger partial charge in [0.05, 0.1) is 33.3 Å². The number of benzene rings is 2. The molecule has 0 spiro atoms. The summed E-state index contributed by atoms with van der Waals surface area (Å²) in [6, 6.07) is 7.87. The number of anilines is 2. The SMILES string of the molecule is CC(C)N1CCN(c2cc3nc(-c4c(N)c5c(F)cccc5[nH]c4=O)[nH]c3cc2F)CC1. The second-order valence-electron chi connectivity index (χ2n) is 8.43. The van der Waals surface area contributed by atoms with Crippen molar-refractivity contribution >= 4 is 33.3 Å². The molecule has 166 valence electrons. The van der Waals surface area contributed by atoms with Crippen molar-refractivity contribution in [3.05, 3.63) is 52.3 Å². The van der Waals surface area contributed by atoms with E-state index in [2.05, 4.69) is 33.7 Å². The second kappa shape index (κ2) is 7.59. The first-order chi connectivity index (χ1) is 15.3. The summed E-state index contributed by atoms with van der Waals surface area (Å²) < 4.78 is 29.3. The van der Waals surface area contributed by atoms with E-state index in [-0.39, 0.29) is 28.3 Å². The number of hydrogen-bond acceptors (Lipinski definition) is 5. The van der Waals surface area contributed by atoms with Gasteiger partial charge in [0.15, 0.2) is 0 Å². The number of fused-ring (bicyclic) bond motifs is 2. The average Bonchev–Trinajstić information content (AvgIpc) is 3.15. The predicted molar refractivity (Wildman–Crippen MR) is 123 cm³/mol. The largest absolute Gasteiger partial charge is 0.397 e. The highest BCUT2D eigenvalue weighted by Crippen LogP contribution is 2.32. The van der Waals surface area contributed by atoms with E-state index in [0.717, 1.165) is 13.1 Å². The van der Waals surface area contributed by atoms with Gasteiger partial charge in [0.25, 0.3) is 5.56 Å². The highest BCUT2D eigenvalue weighted by atomic mass is 19.1. The zero-order valence-corrected chi connectivity index (χ0v) is 17.9. The number of nitrogens with two attached hydrogens (primary N) is 1. The molecular formula is C23H24F2N6O. The number of hydrogen-bond donors (Lipinski definition) is 3. The Morgan fingerprint density at radius 1 is 1.03 bits per heavy atom. The van der Waals surface area contributed by atoms with E-state index >= 15 is 0 Å². The third-order valence-electron chi connectivity index (χ3n) is 6.20. The van der Waals surface area contributed by atoms with Crippen molar-refractivity contribution < 1.29 is 8.78 Å². The number of imidazole rings is 1. The summed E-state index contributed by atoms with van der Waals surface area (Å²) in [5.74, 6) is -0.732. The summed E-state index contributed by atoms with van der Waals surface area (Å²) in [4.78, 5) is 27.2. The smallest absolute Gasteiger partial charge is 0.261 e.